The van der Waals surface area contributed by atoms with E-state index in [2.05, 4.69) is 107 Å². The van der Waals surface area contributed by atoms with Crippen LogP contribution in [0.3, 0.4) is 0 Å². The highest BCUT2D eigenvalue weighted by Gasteiger charge is 2.46. The summed E-state index contributed by atoms with van der Waals surface area (Å²) in [6.45, 7) is 26.6. The fourth-order valence-electron chi connectivity index (χ4n) is 7.57. The van der Waals surface area contributed by atoms with Gasteiger partial charge in [0.25, 0.3) is 0 Å². The Hall–Kier alpha value is -1.81. The fraction of sp³-hybridized carbons (Fsp3) is 0.700. The van der Waals surface area contributed by atoms with E-state index in [-0.39, 0.29) is 44.0 Å². The molecule has 0 amide bonds. The van der Waals surface area contributed by atoms with Crippen molar-refractivity contribution in [2.75, 3.05) is 0 Å². The Bertz CT molecular complexity index is 1200. The Morgan fingerprint density at radius 3 is 1.02 bits per heavy atom. The second-order valence-corrected chi connectivity index (χ2v) is 18.5. The average molecular weight is 623 g/mol. The van der Waals surface area contributed by atoms with Crippen LogP contribution in [0.4, 0.5) is 0 Å². The molecule has 2 heterocycles. The molecule has 246 valence electrons. The lowest BCUT2D eigenvalue weighted by Gasteiger charge is -2.45. The minimum atomic E-state index is -0.951. The predicted octanol–water partition coefficient (Wildman–Crippen LogP) is 10.8. The van der Waals surface area contributed by atoms with Crippen molar-refractivity contribution >= 4 is 10.8 Å². The second-order valence-electron chi connectivity index (χ2n) is 16.7. The molecule has 4 rings (SSSR count). The SMILES string of the molecule is CCC(C)(C)c1cc(C2CCC3C(c4cc(C(C)(C)CC)c(O)c(C(C)(C)CC)c4)CCC2S3=O)cc(C(C)(C)CC)c1O. The quantitative estimate of drug-likeness (QED) is 0.277. The summed E-state index contributed by atoms with van der Waals surface area (Å²) in [5.74, 6) is 1.40. The number of rotatable bonds is 10. The van der Waals surface area contributed by atoms with Gasteiger partial charge in [-0.2, -0.15) is 0 Å². The van der Waals surface area contributed by atoms with Crippen LogP contribution >= 0.6 is 0 Å². The highest BCUT2D eigenvalue weighted by Crippen LogP contribution is 2.52. The van der Waals surface area contributed by atoms with Crippen LogP contribution in [0.2, 0.25) is 0 Å². The van der Waals surface area contributed by atoms with Gasteiger partial charge in [0, 0.05) is 43.6 Å². The van der Waals surface area contributed by atoms with Crippen molar-refractivity contribution < 1.29 is 14.4 Å². The molecule has 4 atom stereocenters. The summed E-state index contributed by atoms with van der Waals surface area (Å²) >= 11 is 0. The molecular formula is C40H62O3S. The Morgan fingerprint density at radius 1 is 0.545 bits per heavy atom. The molecule has 2 saturated heterocycles. The van der Waals surface area contributed by atoms with E-state index in [1.165, 1.54) is 11.1 Å². The molecule has 4 heteroatoms. The van der Waals surface area contributed by atoms with E-state index in [9.17, 15) is 14.4 Å². The largest absolute Gasteiger partial charge is 0.507 e. The summed E-state index contributed by atoms with van der Waals surface area (Å²) in [4.78, 5) is 0. The van der Waals surface area contributed by atoms with Gasteiger partial charge in [0.1, 0.15) is 11.5 Å². The molecule has 0 saturated carbocycles. The third kappa shape index (κ3) is 6.15. The lowest BCUT2D eigenvalue weighted by Crippen LogP contribution is -2.44. The number of aromatic hydroxyl groups is 2. The summed E-state index contributed by atoms with van der Waals surface area (Å²) in [6, 6.07) is 9.06. The van der Waals surface area contributed by atoms with Gasteiger partial charge in [-0.1, -0.05) is 107 Å². The van der Waals surface area contributed by atoms with Gasteiger partial charge < -0.3 is 10.2 Å². The normalized spacial score (nSPS) is 24.9. The van der Waals surface area contributed by atoms with Crippen molar-refractivity contribution in [2.24, 2.45) is 0 Å². The zero-order valence-corrected chi connectivity index (χ0v) is 30.8. The van der Waals surface area contributed by atoms with E-state index in [1.54, 1.807) is 0 Å². The topological polar surface area (TPSA) is 57.5 Å². The summed E-state index contributed by atoms with van der Waals surface area (Å²) in [7, 11) is -0.951. The van der Waals surface area contributed by atoms with Gasteiger partial charge in [0.15, 0.2) is 0 Å². The van der Waals surface area contributed by atoms with Crippen molar-refractivity contribution in [3.05, 3.63) is 57.6 Å². The summed E-state index contributed by atoms with van der Waals surface area (Å²) in [5.41, 5.74) is 6.14. The highest BCUT2D eigenvalue weighted by atomic mass is 32.2. The minimum Gasteiger partial charge on any atom is -0.507 e. The predicted molar refractivity (Wildman–Crippen MR) is 189 cm³/mol. The maximum Gasteiger partial charge on any atom is 0.123 e. The molecule has 0 aliphatic carbocycles. The molecule has 2 aliphatic rings. The van der Waals surface area contributed by atoms with Gasteiger partial charge in [0.2, 0.25) is 0 Å². The summed E-state index contributed by atoms with van der Waals surface area (Å²) in [5, 5.41) is 23.4. The molecule has 0 radical (unpaired) electrons. The third-order valence-corrected chi connectivity index (χ3v) is 14.9. The first-order chi connectivity index (χ1) is 20.4. The number of benzene rings is 2. The second kappa shape index (κ2) is 12.4. The molecule has 44 heavy (non-hydrogen) atoms. The van der Waals surface area contributed by atoms with Crippen LogP contribution in [0.25, 0.3) is 0 Å². The molecule has 2 fully saturated rings. The zero-order valence-electron chi connectivity index (χ0n) is 30.0. The Labute approximate surface area is 272 Å². The van der Waals surface area contributed by atoms with Crippen LogP contribution in [0.1, 0.15) is 180 Å². The monoisotopic (exact) mass is 622 g/mol. The molecule has 0 spiro atoms. The number of phenols is 2. The van der Waals surface area contributed by atoms with E-state index < -0.39 is 10.8 Å². The summed E-state index contributed by atoms with van der Waals surface area (Å²) < 4.78 is 14.5. The van der Waals surface area contributed by atoms with Gasteiger partial charge >= 0.3 is 0 Å². The first kappa shape index (κ1) is 35.1. The molecule has 2 aromatic rings. The average Bonchev–Trinajstić information content (AvgIpc) is 2.97. The molecule has 2 aliphatic heterocycles. The Balaban J connectivity index is 1.76. The van der Waals surface area contributed by atoms with Crippen LogP contribution in [0.15, 0.2) is 24.3 Å². The van der Waals surface area contributed by atoms with Gasteiger partial charge in [0.05, 0.1) is 0 Å². The Morgan fingerprint density at radius 2 is 0.795 bits per heavy atom. The van der Waals surface area contributed by atoms with E-state index in [0.717, 1.165) is 73.6 Å². The van der Waals surface area contributed by atoms with Gasteiger partial charge in [-0.25, -0.2) is 0 Å². The smallest absolute Gasteiger partial charge is 0.123 e. The zero-order chi connectivity index (χ0) is 33.0. The lowest BCUT2D eigenvalue weighted by molar-refractivity contribution is 0.379. The molecule has 2 aromatic carbocycles. The molecule has 3 nitrogen and oxygen atoms in total. The van der Waals surface area contributed by atoms with Crippen molar-refractivity contribution in [3.63, 3.8) is 0 Å². The molecule has 4 unspecified atom stereocenters. The van der Waals surface area contributed by atoms with Crippen LogP contribution in [-0.4, -0.2) is 24.9 Å². The molecular weight excluding hydrogens is 561 g/mol. The van der Waals surface area contributed by atoms with Crippen LogP contribution in [0, 0.1) is 0 Å². The van der Waals surface area contributed by atoms with Crippen molar-refractivity contribution in [1.82, 2.24) is 0 Å². The first-order valence-electron chi connectivity index (χ1n) is 17.5. The summed E-state index contributed by atoms with van der Waals surface area (Å²) in [6.07, 6.45) is 7.72. The first-order valence-corrected chi connectivity index (χ1v) is 18.8. The fourth-order valence-corrected chi connectivity index (χ4v) is 9.99. The number of phenolic OH excluding ortho intramolecular Hbond substituents is 2. The molecule has 0 aromatic heterocycles. The number of hydrogen-bond donors (Lipinski definition) is 2. The third-order valence-electron chi connectivity index (χ3n) is 12.6. The van der Waals surface area contributed by atoms with Gasteiger partial charge in [-0.05, 0) is 96.0 Å². The van der Waals surface area contributed by atoms with Crippen molar-refractivity contribution in [3.8, 4) is 11.5 Å². The highest BCUT2D eigenvalue weighted by molar-refractivity contribution is 7.86. The van der Waals surface area contributed by atoms with E-state index in [4.69, 9.17) is 0 Å². The maximum atomic E-state index is 14.5. The van der Waals surface area contributed by atoms with Crippen LogP contribution in [0.5, 0.6) is 11.5 Å². The van der Waals surface area contributed by atoms with E-state index >= 15 is 0 Å². The van der Waals surface area contributed by atoms with Crippen molar-refractivity contribution in [2.45, 2.75) is 178 Å². The van der Waals surface area contributed by atoms with Gasteiger partial charge in [-0.3, -0.25) is 4.21 Å². The maximum absolute atomic E-state index is 14.5. The van der Waals surface area contributed by atoms with E-state index in [1.807, 2.05) is 0 Å². The van der Waals surface area contributed by atoms with Crippen LogP contribution in [-0.2, 0) is 32.5 Å². The Kier molecular flexibility index (Phi) is 9.89. The number of fused-ring (bicyclic) bond motifs is 2. The molecule has 2 N–H and O–H groups in total. The standard InChI is InChI=1S/C40H62O3S/c1-13-37(5,6)29-21-25(22-30(35(29)41)38(7,8)14-2)27-17-19-34-28(18-20-33(27)44(34)43)26-23-31(39(9,10)15-3)36(42)32(24-26)40(11,12)16-4/h21-24,27-28,33-34,41-42H,13-20H2,1-12H3. The minimum absolute atomic E-state index is 0.139. The molecule has 2 bridgehead atoms. The van der Waals surface area contributed by atoms with E-state index in [0.29, 0.717) is 11.5 Å². The van der Waals surface area contributed by atoms with Gasteiger partial charge in [-0.15, -0.1) is 0 Å². The lowest BCUT2D eigenvalue weighted by atomic mass is 9.71. The van der Waals surface area contributed by atoms with Crippen molar-refractivity contribution in [1.29, 1.82) is 0 Å². The van der Waals surface area contributed by atoms with Crippen LogP contribution < -0.4 is 0 Å². The number of hydrogen-bond acceptors (Lipinski definition) is 3.